The maximum absolute atomic E-state index is 11.5. The van der Waals surface area contributed by atoms with E-state index in [1.54, 1.807) is 12.1 Å². The fraction of sp³-hybridized carbons (Fsp3) is 0.455. The number of anilines is 1. The Balaban J connectivity index is 2.49. The molecule has 0 aromatic heterocycles. The van der Waals surface area contributed by atoms with Crippen molar-refractivity contribution < 1.29 is 23.0 Å². The molecular weight excluding hydrogens is 255 g/mol. The zero-order valence-electron chi connectivity index (χ0n) is 10.8. The van der Waals surface area contributed by atoms with Crippen LogP contribution in [0.3, 0.4) is 0 Å². The van der Waals surface area contributed by atoms with Crippen molar-refractivity contribution in [2.24, 2.45) is 0 Å². The molecule has 0 spiro atoms. The second kappa shape index (κ2) is 5.71. The lowest BCUT2D eigenvalue weighted by Crippen LogP contribution is -2.37. The van der Waals surface area contributed by atoms with E-state index in [4.69, 9.17) is 14.8 Å². The molecule has 1 unspecified atom stereocenters. The summed E-state index contributed by atoms with van der Waals surface area (Å²) in [5.41, 5.74) is 6.02. The average molecular weight is 274 g/mol. The number of phosphoric ester groups is 1. The normalized spacial score (nSPS) is 15.1. The molecule has 0 aliphatic rings. The predicted molar refractivity (Wildman–Crippen MR) is 67.9 cm³/mol. The quantitative estimate of drug-likeness (QED) is 0.472. The van der Waals surface area contributed by atoms with Crippen molar-refractivity contribution in [1.82, 2.24) is 0 Å². The summed E-state index contributed by atoms with van der Waals surface area (Å²) in [6.45, 7) is 0.649. The molecule has 0 heterocycles. The van der Waals surface area contributed by atoms with Crippen molar-refractivity contribution in [2.75, 3.05) is 40.0 Å². The van der Waals surface area contributed by atoms with E-state index in [1.807, 2.05) is 21.1 Å². The highest BCUT2D eigenvalue weighted by Gasteiger charge is 2.14. The van der Waals surface area contributed by atoms with Crippen molar-refractivity contribution in [3.05, 3.63) is 24.3 Å². The summed E-state index contributed by atoms with van der Waals surface area (Å²) in [6.07, 6.45) is 0. The summed E-state index contributed by atoms with van der Waals surface area (Å²) in [4.78, 5) is 11.5. The minimum absolute atomic E-state index is 0.0826. The molecule has 102 valence electrons. The van der Waals surface area contributed by atoms with E-state index in [-0.39, 0.29) is 12.4 Å². The third-order valence-corrected chi connectivity index (χ3v) is 3.04. The highest BCUT2D eigenvalue weighted by molar-refractivity contribution is 7.46. The second-order valence-corrected chi connectivity index (χ2v) is 6.29. The average Bonchev–Trinajstić information content (AvgIpc) is 2.18. The van der Waals surface area contributed by atoms with E-state index in [1.165, 1.54) is 12.1 Å². The summed E-state index contributed by atoms with van der Waals surface area (Å²) >= 11 is 0. The zero-order chi connectivity index (χ0) is 13.8. The number of hydrogen-bond acceptors (Lipinski definition) is 5. The smallest absolute Gasteiger partial charge is 0.319 e. The van der Waals surface area contributed by atoms with Crippen molar-refractivity contribution in [3.8, 4) is 5.75 Å². The Labute approximate surface area is 107 Å². The Hall–Kier alpha value is -1.07. The Morgan fingerprint density at radius 2 is 1.83 bits per heavy atom. The van der Waals surface area contributed by atoms with Gasteiger partial charge in [0.2, 0.25) is 0 Å². The van der Waals surface area contributed by atoms with Crippen LogP contribution in [-0.2, 0) is 9.09 Å². The number of rotatable bonds is 6. The lowest BCUT2D eigenvalue weighted by atomic mass is 10.3. The van der Waals surface area contributed by atoms with E-state index < -0.39 is 7.82 Å². The lowest BCUT2D eigenvalue weighted by molar-refractivity contribution is -0.870. The molecular formula is C11H19N2O4P. The van der Waals surface area contributed by atoms with E-state index in [0.717, 1.165) is 0 Å². The van der Waals surface area contributed by atoms with Gasteiger partial charge in [0.25, 0.3) is 0 Å². The van der Waals surface area contributed by atoms with E-state index in [9.17, 15) is 9.46 Å². The topological polar surface area (TPSA) is 84.6 Å². The van der Waals surface area contributed by atoms with Crippen molar-refractivity contribution in [1.29, 1.82) is 0 Å². The number of likely N-dealkylation sites (N-methyl/N-ethyl adjacent to an activating group) is 1. The van der Waals surface area contributed by atoms with Gasteiger partial charge in [-0.2, -0.15) is 0 Å². The first kappa shape index (κ1) is 15.0. The molecule has 1 atom stereocenters. The first-order valence-corrected chi connectivity index (χ1v) is 6.95. The molecule has 0 bridgehead atoms. The fourth-order valence-corrected chi connectivity index (χ4v) is 1.85. The van der Waals surface area contributed by atoms with Crippen LogP contribution in [0, 0.1) is 0 Å². The van der Waals surface area contributed by atoms with Crippen LogP contribution in [0.5, 0.6) is 5.75 Å². The van der Waals surface area contributed by atoms with Gasteiger partial charge < -0.3 is 24.2 Å². The standard InChI is InChI=1S/C11H19N2O4P/c1-13(2,3)8-9-16-18(14,15)17-11-6-4-10(12)5-7-11/h4-7H,8-9,12H2,1-3H3. The third-order valence-electron chi connectivity index (χ3n) is 2.11. The van der Waals surface area contributed by atoms with Gasteiger partial charge in [-0.05, 0) is 24.3 Å². The molecule has 0 radical (unpaired) electrons. The van der Waals surface area contributed by atoms with E-state index in [0.29, 0.717) is 16.7 Å². The summed E-state index contributed by atoms with van der Waals surface area (Å²) in [7, 11) is 1.52. The highest BCUT2D eigenvalue weighted by Crippen LogP contribution is 2.39. The molecule has 1 aromatic rings. The van der Waals surface area contributed by atoms with Crippen molar-refractivity contribution in [3.63, 3.8) is 0 Å². The molecule has 0 aliphatic carbocycles. The summed E-state index contributed by atoms with van der Waals surface area (Å²) in [5, 5.41) is 0. The Kier molecular flexibility index (Phi) is 4.76. The van der Waals surface area contributed by atoms with Gasteiger partial charge in [-0.15, -0.1) is 0 Å². The van der Waals surface area contributed by atoms with Gasteiger partial charge in [0, 0.05) is 5.69 Å². The van der Waals surface area contributed by atoms with Gasteiger partial charge in [0.05, 0.1) is 21.1 Å². The monoisotopic (exact) mass is 274 g/mol. The van der Waals surface area contributed by atoms with Crippen LogP contribution < -0.4 is 15.2 Å². The first-order chi connectivity index (χ1) is 8.18. The van der Waals surface area contributed by atoms with E-state index in [2.05, 4.69) is 0 Å². The fourth-order valence-electron chi connectivity index (χ4n) is 1.11. The summed E-state index contributed by atoms with van der Waals surface area (Å²) in [5.74, 6) is 0.188. The molecule has 1 rings (SSSR count). The van der Waals surface area contributed by atoms with Gasteiger partial charge in [-0.3, -0.25) is 4.57 Å². The minimum atomic E-state index is -4.32. The third kappa shape index (κ3) is 6.02. The van der Waals surface area contributed by atoms with Crippen molar-refractivity contribution >= 4 is 13.5 Å². The van der Waals surface area contributed by atoms with Crippen LogP contribution in [-0.4, -0.2) is 38.8 Å². The Morgan fingerprint density at radius 3 is 2.33 bits per heavy atom. The molecule has 0 saturated carbocycles. The number of nitrogens with two attached hydrogens (primary N) is 1. The molecule has 0 fully saturated rings. The SMILES string of the molecule is C[N+](C)(C)CCOP(=O)([O-])Oc1ccc(N)cc1. The number of nitrogen functional groups attached to an aromatic ring is 1. The van der Waals surface area contributed by atoms with Crippen LogP contribution in [0.4, 0.5) is 5.69 Å². The molecule has 1 aromatic carbocycles. The van der Waals surface area contributed by atoms with Gasteiger partial charge in [-0.25, -0.2) is 0 Å². The van der Waals surface area contributed by atoms with Gasteiger partial charge in [-0.1, -0.05) is 0 Å². The maximum atomic E-state index is 11.5. The molecule has 6 nitrogen and oxygen atoms in total. The number of benzene rings is 1. The number of hydrogen-bond donors (Lipinski definition) is 1. The second-order valence-electron chi connectivity index (χ2n) is 4.95. The first-order valence-electron chi connectivity index (χ1n) is 5.49. The highest BCUT2D eigenvalue weighted by atomic mass is 31.2. The van der Waals surface area contributed by atoms with E-state index >= 15 is 0 Å². The Bertz CT molecular complexity index is 428. The summed E-state index contributed by atoms with van der Waals surface area (Å²) in [6, 6.07) is 6.06. The zero-order valence-corrected chi connectivity index (χ0v) is 11.7. The number of nitrogens with zero attached hydrogens (tertiary/aromatic N) is 1. The van der Waals surface area contributed by atoms with Crippen molar-refractivity contribution in [2.45, 2.75) is 0 Å². The van der Waals surface area contributed by atoms with Crippen LogP contribution in [0.2, 0.25) is 0 Å². The lowest BCUT2D eigenvalue weighted by Gasteiger charge is -2.27. The predicted octanol–water partition coefficient (Wildman–Crippen LogP) is 0.839. The van der Waals surface area contributed by atoms with Gasteiger partial charge >= 0.3 is 7.82 Å². The van der Waals surface area contributed by atoms with Crippen LogP contribution in [0.15, 0.2) is 24.3 Å². The summed E-state index contributed by atoms with van der Waals surface area (Å²) < 4.78 is 21.7. The minimum Gasteiger partial charge on any atom is -0.746 e. The molecule has 0 saturated heterocycles. The molecule has 7 heteroatoms. The van der Waals surface area contributed by atoms with Crippen LogP contribution in [0.1, 0.15) is 0 Å². The van der Waals surface area contributed by atoms with Crippen LogP contribution >= 0.6 is 7.82 Å². The molecule has 0 amide bonds. The number of quaternary nitrogens is 1. The molecule has 2 N–H and O–H groups in total. The maximum Gasteiger partial charge on any atom is 0.319 e. The molecule has 0 aliphatic heterocycles. The van der Waals surface area contributed by atoms with Crippen LogP contribution in [0.25, 0.3) is 0 Å². The van der Waals surface area contributed by atoms with Gasteiger partial charge in [0.15, 0.2) is 0 Å². The number of phosphoric acid groups is 1. The largest absolute Gasteiger partial charge is 0.746 e. The Morgan fingerprint density at radius 1 is 1.28 bits per heavy atom. The van der Waals surface area contributed by atoms with Gasteiger partial charge in [0.1, 0.15) is 18.9 Å². The molecule has 18 heavy (non-hydrogen) atoms.